The maximum absolute atomic E-state index is 9.40. The van der Waals surface area contributed by atoms with E-state index < -0.39 is 0 Å². The Morgan fingerprint density at radius 1 is 1.30 bits per heavy atom. The van der Waals surface area contributed by atoms with Crippen molar-refractivity contribution < 1.29 is 0 Å². The van der Waals surface area contributed by atoms with E-state index in [-0.39, 0.29) is 0 Å². The van der Waals surface area contributed by atoms with Gasteiger partial charge in [-0.05, 0) is 51.5 Å². The van der Waals surface area contributed by atoms with E-state index in [2.05, 4.69) is 36.0 Å². The van der Waals surface area contributed by atoms with Gasteiger partial charge < -0.3 is 4.90 Å². The summed E-state index contributed by atoms with van der Waals surface area (Å²) in [6, 6.07) is 4.94. The van der Waals surface area contributed by atoms with E-state index in [1.807, 2.05) is 13.8 Å². The zero-order valence-electron chi connectivity index (χ0n) is 13.1. The van der Waals surface area contributed by atoms with Crippen molar-refractivity contribution in [3.8, 4) is 6.07 Å². The number of nitrogens with zero attached hydrogens (tertiary/aromatic N) is 3. The predicted octanol–water partition coefficient (Wildman–Crippen LogP) is 3.98. The molecule has 3 heteroatoms. The van der Waals surface area contributed by atoms with Crippen molar-refractivity contribution in [2.75, 3.05) is 11.9 Å². The Morgan fingerprint density at radius 3 is 2.50 bits per heavy atom. The topological polar surface area (TPSA) is 39.9 Å². The summed E-state index contributed by atoms with van der Waals surface area (Å²) >= 11 is 0. The molecule has 0 N–H and O–H groups in total. The minimum absolute atomic E-state index is 0.561. The van der Waals surface area contributed by atoms with Gasteiger partial charge in [0.1, 0.15) is 6.07 Å². The molecule has 0 atom stereocenters. The van der Waals surface area contributed by atoms with Crippen LogP contribution in [0.25, 0.3) is 0 Å². The first-order chi connectivity index (χ1) is 9.56. The molecule has 20 heavy (non-hydrogen) atoms. The van der Waals surface area contributed by atoms with Crippen LogP contribution in [0.15, 0.2) is 6.07 Å². The molecule has 0 unspecified atom stereocenters. The van der Waals surface area contributed by atoms with Gasteiger partial charge in [0, 0.05) is 18.8 Å². The van der Waals surface area contributed by atoms with Gasteiger partial charge in [0.2, 0.25) is 0 Å². The fraction of sp³-hybridized carbons (Fsp3) is 0.647. The molecule has 1 aromatic rings. The molecule has 0 radical (unpaired) electrons. The summed E-state index contributed by atoms with van der Waals surface area (Å²) in [6.45, 7) is 6.22. The third-order valence-electron chi connectivity index (χ3n) is 4.74. The van der Waals surface area contributed by atoms with Crippen LogP contribution < -0.4 is 4.90 Å². The molecule has 0 spiro atoms. The number of rotatable bonds is 3. The van der Waals surface area contributed by atoms with E-state index >= 15 is 0 Å². The van der Waals surface area contributed by atoms with Crippen LogP contribution in [0.5, 0.6) is 0 Å². The van der Waals surface area contributed by atoms with E-state index in [0.717, 1.165) is 28.6 Å². The summed E-state index contributed by atoms with van der Waals surface area (Å²) < 4.78 is 0. The average Bonchev–Trinajstić information content (AvgIpc) is 2.46. The molecule has 1 fully saturated rings. The van der Waals surface area contributed by atoms with Gasteiger partial charge in [0.05, 0.1) is 16.9 Å². The van der Waals surface area contributed by atoms with Crippen molar-refractivity contribution in [3.63, 3.8) is 0 Å². The molecule has 1 aromatic heterocycles. The lowest BCUT2D eigenvalue weighted by atomic mass is 9.84. The molecule has 0 bridgehead atoms. The fourth-order valence-electron chi connectivity index (χ4n) is 3.36. The van der Waals surface area contributed by atoms with Crippen LogP contribution in [0.1, 0.15) is 56.0 Å². The largest absolute Gasteiger partial charge is 0.370 e. The molecule has 0 aromatic carbocycles. The number of pyridine rings is 1. The van der Waals surface area contributed by atoms with Crippen LogP contribution in [0.2, 0.25) is 0 Å². The van der Waals surface area contributed by atoms with Gasteiger partial charge in [-0.3, -0.25) is 4.98 Å². The maximum Gasteiger partial charge on any atom is 0.103 e. The third kappa shape index (κ3) is 2.95. The van der Waals surface area contributed by atoms with Crippen molar-refractivity contribution >= 4 is 5.69 Å². The van der Waals surface area contributed by atoms with Crippen molar-refractivity contribution in [1.29, 1.82) is 5.26 Å². The lowest BCUT2D eigenvalue weighted by Gasteiger charge is -2.36. The second kappa shape index (κ2) is 6.26. The molecule has 1 heterocycles. The minimum atomic E-state index is 0.561. The second-order valence-electron chi connectivity index (χ2n) is 6.05. The van der Waals surface area contributed by atoms with E-state index in [1.54, 1.807) is 0 Å². The Morgan fingerprint density at radius 2 is 1.95 bits per heavy atom. The number of aryl methyl sites for hydroxylation is 2. The van der Waals surface area contributed by atoms with Gasteiger partial charge in [-0.1, -0.05) is 13.3 Å². The maximum atomic E-state index is 9.40. The molecule has 0 aliphatic heterocycles. The summed E-state index contributed by atoms with van der Waals surface area (Å²) in [5, 5.41) is 9.40. The van der Waals surface area contributed by atoms with Gasteiger partial charge in [0.25, 0.3) is 0 Å². The van der Waals surface area contributed by atoms with Crippen LogP contribution in [-0.4, -0.2) is 18.1 Å². The highest BCUT2D eigenvalue weighted by molar-refractivity contribution is 5.61. The first kappa shape index (κ1) is 14.8. The van der Waals surface area contributed by atoms with Crippen molar-refractivity contribution in [2.24, 2.45) is 5.92 Å². The highest BCUT2D eigenvalue weighted by atomic mass is 15.1. The van der Waals surface area contributed by atoms with E-state index in [9.17, 15) is 5.26 Å². The lowest BCUT2D eigenvalue weighted by Crippen LogP contribution is -2.35. The molecule has 3 nitrogen and oxygen atoms in total. The van der Waals surface area contributed by atoms with Crippen LogP contribution >= 0.6 is 0 Å². The van der Waals surface area contributed by atoms with Gasteiger partial charge in [-0.2, -0.15) is 5.26 Å². The molecular weight excluding hydrogens is 246 g/mol. The SMILES string of the molecule is CCC1CCC(N(C)c2cc(C)nc(C)c2C#N)CC1. The lowest BCUT2D eigenvalue weighted by molar-refractivity contribution is 0.313. The second-order valence-corrected chi connectivity index (χ2v) is 6.05. The first-order valence-corrected chi connectivity index (χ1v) is 7.68. The summed E-state index contributed by atoms with van der Waals surface area (Å²) in [4.78, 5) is 6.72. The van der Waals surface area contributed by atoms with Crippen molar-refractivity contribution in [3.05, 3.63) is 23.0 Å². The molecule has 1 aliphatic carbocycles. The van der Waals surface area contributed by atoms with Crippen LogP contribution in [-0.2, 0) is 0 Å². The number of anilines is 1. The highest BCUT2D eigenvalue weighted by Crippen LogP contribution is 2.33. The number of hydrogen-bond donors (Lipinski definition) is 0. The molecule has 1 saturated carbocycles. The number of hydrogen-bond acceptors (Lipinski definition) is 3. The van der Waals surface area contributed by atoms with Crippen molar-refractivity contribution in [1.82, 2.24) is 4.98 Å². The normalized spacial score (nSPS) is 22.4. The van der Waals surface area contributed by atoms with Gasteiger partial charge in [0.15, 0.2) is 0 Å². The quantitative estimate of drug-likeness (QED) is 0.835. The Hall–Kier alpha value is -1.56. The molecular formula is C17H25N3. The molecule has 1 aliphatic rings. The Labute approximate surface area is 122 Å². The Balaban J connectivity index is 2.22. The summed E-state index contributed by atoms with van der Waals surface area (Å²) in [7, 11) is 2.13. The summed E-state index contributed by atoms with van der Waals surface area (Å²) in [6.07, 6.45) is 6.40. The molecule has 108 valence electrons. The Bertz CT molecular complexity index is 508. The first-order valence-electron chi connectivity index (χ1n) is 7.68. The van der Waals surface area contributed by atoms with Crippen LogP contribution in [0, 0.1) is 31.1 Å². The highest BCUT2D eigenvalue weighted by Gasteiger charge is 2.25. The van der Waals surface area contributed by atoms with Gasteiger partial charge in [-0.25, -0.2) is 0 Å². The van der Waals surface area contributed by atoms with E-state index in [4.69, 9.17) is 0 Å². The molecule has 2 rings (SSSR count). The zero-order chi connectivity index (χ0) is 14.7. The summed E-state index contributed by atoms with van der Waals surface area (Å²) in [5.41, 5.74) is 3.62. The number of nitriles is 1. The predicted molar refractivity (Wildman–Crippen MR) is 82.9 cm³/mol. The van der Waals surface area contributed by atoms with Gasteiger partial charge in [-0.15, -0.1) is 0 Å². The Kier molecular flexibility index (Phi) is 4.65. The average molecular weight is 271 g/mol. The molecule has 0 saturated heterocycles. The third-order valence-corrected chi connectivity index (χ3v) is 4.74. The smallest absolute Gasteiger partial charge is 0.103 e. The molecule has 0 amide bonds. The monoisotopic (exact) mass is 271 g/mol. The van der Waals surface area contributed by atoms with Gasteiger partial charge >= 0.3 is 0 Å². The standard InChI is InChI=1S/C17H25N3/c1-5-14-6-8-15(9-7-14)20(4)17-10-12(2)19-13(3)16(17)11-18/h10,14-15H,5-9H2,1-4H3. The number of aromatic nitrogens is 1. The van der Waals surface area contributed by atoms with E-state index in [0.29, 0.717) is 6.04 Å². The minimum Gasteiger partial charge on any atom is -0.370 e. The van der Waals surface area contributed by atoms with E-state index in [1.165, 1.54) is 32.1 Å². The van der Waals surface area contributed by atoms with Crippen LogP contribution in [0.3, 0.4) is 0 Å². The zero-order valence-corrected chi connectivity index (χ0v) is 13.1. The van der Waals surface area contributed by atoms with Crippen LogP contribution in [0.4, 0.5) is 5.69 Å². The summed E-state index contributed by atoms with van der Waals surface area (Å²) in [5.74, 6) is 0.899. The van der Waals surface area contributed by atoms with Crippen molar-refractivity contribution in [2.45, 2.75) is 58.9 Å². The fourth-order valence-corrected chi connectivity index (χ4v) is 3.36.